The molecule has 2 heterocycles. The molecule has 2 aliphatic heterocycles. The van der Waals surface area contributed by atoms with Crippen molar-refractivity contribution in [1.82, 2.24) is 9.21 Å². The number of rotatable bonds is 4. The second-order valence-corrected chi connectivity index (χ2v) is 10.6. The molecule has 0 bridgehead atoms. The molecule has 0 radical (unpaired) electrons. The van der Waals surface area contributed by atoms with Crippen molar-refractivity contribution in [2.75, 3.05) is 26.2 Å². The summed E-state index contributed by atoms with van der Waals surface area (Å²) in [6.07, 6.45) is 2.27. The number of sulfonamides is 1. The van der Waals surface area contributed by atoms with Crippen molar-refractivity contribution in [3.63, 3.8) is 0 Å². The quantitative estimate of drug-likeness (QED) is 0.846. The van der Waals surface area contributed by atoms with E-state index in [-0.39, 0.29) is 35.6 Å². The summed E-state index contributed by atoms with van der Waals surface area (Å²) >= 11 is 0. The normalized spacial score (nSPS) is 26.7. The molecule has 2 atom stereocenters. The van der Waals surface area contributed by atoms with E-state index in [1.165, 1.54) is 4.31 Å². The number of hydrogen-bond donors (Lipinski definition) is 1. The second kappa shape index (κ2) is 7.89. The van der Waals surface area contributed by atoms with Crippen LogP contribution in [0, 0.1) is 11.3 Å². The highest BCUT2D eigenvalue weighted by atomic mass is 32.2. The molecule has 0 aliphatic carbocycles. The van der Waals surface area contributed by atoms with Crippen LogP contribution >= 0.6 is 0 Å². The first kappa shape index (κ1) is 20.3. The molecular weight excluding hydrogens is 362 g/mol. The van der Waals surface area contributed by atoms with Gasteiger partial charge in [-0.2, -0.15) is 0 Å². The highest BCUT2D eigenvalue weighted by Crippen LogP contribution is 2.30. The van der Waals surface area contributed by atoms with E-state index >= 15 is 0 Å². The van der Waals surface area contributed by atoms with E-state index in [4.69, 9.17) is 5.73 Å². The monoisotopic (exact) mass is 393 g/mol. The van der Waals surface area contributed by atoms with Gasteiger partial charge in [0.25, 0.3) is 0 Å². The third-order valence-corrected chi connectivity index (χ3v) is 7.76. The van der Waals surface area contributed by atoms with Crippen molar-refractivity contribution in [1.29, 1.82) is 0 Å². The van der Waals surface area contributed by atoms with E-state index < -0.39 is 10.0 Å². The first-order valence-corrected chi connectivity index (χ1v) is 11.4. The van der Waals surface area contributed by atoms with Gasteiger partial charge in [-0.15, -0.1) is 0 Å². The number of likely N-dealkylation sites (tertiary alicyclic amines) is 1. The molecule has 2 saturated heterocycles. The molecule has 150 valence electrons. The van der Waals surface area contributed by atoms with E-state index in [0.29, 0.717) is 19.6 Å². The smallest absolute Gasteiger partial charge is 0.227 e. The molecule has 1 aromatic carbocycles. The number of carbonyl (C=O) groups is 1. The molecule has 2 unspecified atom stereocenters. The Balaban J connectivity index is 1.66. The molecule has 0 aromatic heterocycles. The lowest BCUT2D eigenvalue weighted by Gasteiger charge is -2.44. The van der Waals surface area contributed by atoms with Crippen LogP contribution < -0.4 is 5.73 Å². The molecular formula is C20H31N3O3S. The topological polar surface area (TPSA) is 83.7 Å². The van der Waals surface area contributed by atoms with Crippen molar-refractivity contribution in [2.45, 2.75) is 44.9 Å². The van der Waals surface area contributed by atoms with E-state index in [2.05, 4.69) is 13.8 Å². The molecule has 27 heavy (non-hydrogen) atoms. The van der Waals surface area contributed by atoms with Crippen molar-refractivity contribution < 1.29 is 13.2 Å². The van der Waals surface area contributed by atoms with Gasteiger partial charge in [0.2, 0.25) is 15.9 Å². The van der Waals surface area contributed by atoms with E-state index in [1.54, 1.807) is 0 Å². The zero-order chi connectivity index (χ0) is 19.7. The molecule has 2 fully saturated rings. The Labute approximate surface area is 162 Å². The van der Waals surface area contributed by atoms with Crippen LogP contribution in [0.25, 0.3) is 0 Å². The molecule has 2 aliphatic rings. The number of amides is 1. The van der Waals surface area contributed by atoms with Crippen molar-refractivity contribution in [3.8, 4) is 0 Å². The van der Waals surface area contributed by atoms with Crippen molar-refractivity contribution in [3.05, 3.63) is 35.9 Å². The molecule has 1 aromatic rings. The van der Waals surface area contributed by atoms with E-state index in [9.17, 15) is 13.2 Å². The van der Waals surface area contributed by atoms with Gasteiger partial charge < -0.3 is 10.6 Å². The Kier molecular flexibility index (Phi) is 5.93. The Bertz CT molecular complexity index is 764. The minimum absolute atomic E-state index is 0.0135. The minimum atomic E-state index is -3.42. The van der Waals surface area contributed by atoms with Crippen molar-refractivity contribution >= 4 is 15.9 Å². The molecule has 7 heteroatoms. The summed E-state index contributed by atoms with van der Waals surface area (Å²) in [7, 11) is -3.42. The molecule has 3 rings (SSSR count). The van der Waals surface area contributed by atoms with Gasteiger partial charge in [-0.25, -0.2) is 12.7 Å². The van der Waals surface area contributed by atoms with Gasteiger partial charge in [-0.05, 0) is 30.2 Å². The average Bonchev–Trinajstić information content (AvgIpc) is 2.64. The van der Waals surface area contributed by atoms with Crippen LogP contribution in [0.1, 0.15) is 38.7 Å². The molecule has 1 amide bonds. The van der Waals surface area contributed by atoms with Gasteiger partial charge in [0.15, 0.2) is 0 Å². The summed E-state index contributed by atoms with van der Waals surface area (Å²) in [5.74, 6) is -0.190. The van der Waals surface area contributed by atoms with Crippen LogP contribution in [0.15, 0.2) is 30.3 Å². The van der Waals surface area contributed by atoms with Gasteiger partial charge in [0.05, 0.1) is 11.7 Å². The molecule has 0 saturated carbocycles. The largest absolute Gasteiger partial charge is 0.342 e. The number of nitrogens with zero attached hydrogens (tertiary/aromatic N) is 2. The van der Waals surface area contributed by atoms with Gasteiger partial charge in [0.1, 0.15) is 0 Å². The zero-order valence-corrected chi connectivity index (χ0v) is 17.1. The Morgan fingerprint density at radius 2 is 1.89 bits per heavy atom. The Morgan fingerprint density at radius 3 is 2.56 bits per heavy atom. The summed E-state index contributed by atoms with van der Waals surface area (Å²) < 4.78 is 27.2. The zero-order valence-electron chi connectivity index (χ0n) is 16.3. The Hall–Kier alpha value is -1.44. The molecule has 2 N–H and O–H groups in total. The maximum atomic E-state index is 13.0. The summed E-state index contributed by atoms with van der Waals surface area (Å²) in [6.45, 7) is 6.27. The van der Waals surface area contributed by atoms with Gasteiger partial charge in [-0.3, -0.25) is 4.79 Å². The minimum Gasteiger partial charge on any atom is -0.342 e. The lowest BCUT2D eigenvalue weighted by Crippen LogP contribution is -2.56. The highest BCUT2D eigenvalue weighted by molar-refractivity contribution is 7.88. The number of piperidine rings is 2. The maximum Gasteiger partial charge on any atom is 0.227 e. The Morgan fingerprint density at radius 1 is 1.19 bits per heavy atom. The predicted octanol–water partition coefficient (Wildman–Crippen LogP) is 1.81. The number of nitrogens with two attached hydrogens (primary N) is 1. The predicted molar refractivity (Wildman–Crippen MR) is 106 cm³/mol. The maximum absolute atomic E-state index is 13.0. The first-order chi connectivity index (χ1) is 12.7. The summed E-state index contributed by atoms with van der Waals surface area (Å²) in [5, 5.41) is 0. The average molecular weight is 394 g/mol. The standard InChI is InChI=1S/C20H31N3O3S/c1-20(2)15-22(12-10-18(20)21)19(24)17-9-6-11-23(13-17)27(25,26)14-16-7-4-3-5-8-16/h3-5,7-8,17-18H,6,9-15,21H2,1-2H3. The van der Waals surface area contributed by atoms with Crippen LogP contribution in [0.3, 0.4) is 0 Å². The summed E-state index contributed by atoms with van der Waals surface area (Å²) in [6, 6.07) is 9.30. The second-order valence-electron chi connectivity index (χ2n) is 8.58. The fourth-order valence-corrected chi connectivity index (χ4v) is 5.70. The van der Waals surface area contributed by atoms with Crippen LogP contribution in [-0.2, 0) is 20.6 Å². The molecule has 6 nitrogen and oxygen atoms in total. The fourth-order valence-electron chi connectivity index (χ4n) is 4.09. The van der Waals surface area contributed by atoms with Crippen LogP contribution in [0.4, 0.5) is 0 Å². The number of benzene rings is 1. The third kappa shape index (κ3) is 4.70. The SMILES string of the molecule is CC1(C)CN(C(=O)C2CCCN(S(=O)(=O)Cc3ccccc3)C2)CCC1N. The van der Waals surface area contributed by atoms with Gasteiger partial charge >= 0.3 is 0 Å². The third-order valence-electron chi connectivity index (χ3n) is 5.94. The van der Waals surface area contributed by atoms with Crippen molar-refractivity contribution in [2.24, 2.45) is 17.1 Å². The van der Waals surface area contributed by atoms with Crippen LogP contribution in [-0.4, -0.2) is 55.8 Å². The lowest BCUT2D eigenvalue weighted by atomic mass is 9.79. The van der Waals surface area contributed by atoms with Gasteiger partial charge in [-0.1, -0.05) is 44.2 Å². The first-order valence-electron chi connectivity index (χ1n) is 9.75. The molecule has 0 spiro atoms. The summed E-state index contributed by atoms with van der Waals surface area (Å²) in [5.41, 5.74) is 6.85. The highest BCUT2D eigenvalue weighted by Gasteiger charge is 2.39. The van der Waals surface area contributed by atoms with E-state index in [1.807, 2.05) is 35.2 Å². The number of hydrogen-bond acceptors (Lipinski definition) is 4. The van der Waals surface area contributed by atoms with E-state index in [0.717, 1.165) is 24.8 Å². The number of carbonyl (C=O) groups excluding carboxylic acids is 1. The lowest BCUT2D eigenvalue weighted by molar-refractivity contribution is -0.140. The van der Waals surface area contributed by atoms with Crippen LogP contribution in [0.5, 0.6) is 0 Å². The van der Waals surface area contributed by atoms with Crippen LogP contribution in [0.2, 0.25) is 0 Å². The van der Waals surface area contributed by atoms with Gasteiger partial charge in [0, 0.05) is 32.2 Å². The fraction of sp³-hybridized carbons (Fsp3) is 0.650. The summed E-state index contributed by atoms with van der Waals surface area (Å²) in [4.78, 5) is 14.9.